The molecular formula is C22H26N2O3S. The third kappa shape index (κ3) is 3.59. The maximum atomic E-state index is 13.7. The van der Waals surface area contributed by atoms with Crippen molar-refractivity contribution in [3.05, 3.63) is 54.6 Å². The first kappa shape index (κ1) is 19.2. The molecule has 2 aliphatic heterocycles. The average molecular weight is 399 g/mol. The van der Waals surface area contributed by atoms with Gasteiger partial charge in [0.25, 0.3) is 0 Å². The van der Waals surface area contributed by atoms with Gasteiger partial charge in [-0.1, -0.05) is 55.0 Å². The van der Waals surface area contributed by atoms with Crippen LogP contribution in [0.3, 0.4) is 0 Å². The van der Waals surface area contributed by atoms with E-state index in [-0.39, 0.29) is 10.8 Å². The third-order valence-corrected chi connectivity index (χ3v) is 7.68. The first-order valence-corrected chi connectivity index (χ1v) is 11.5. The van der Waals surface area contributed by atoms with Gasteiger partial charge in [0, 0.05) is 25.2 Å². The highest BCUT2D eigenvalue weighted by molar-refractivity contribution is 7.89. The Balaban J connectivity index is 1.72. The van der Waals surface area contributed by atoms with E-state index >= 15 is 0 Å². The number of nitrogens with zero attached hydrogens (tertiary/aromatic N) is 2. The number of rotatable bonds is 4. The van der Waals surface area contributed by atoms with E-state index in [0.29, 0.717) is 18.5 Å². The van der Waals surface area contributed by atoms with E-state index in [2.05, 4.69) is 0 Å². The molecular weight excluding hydrogens is 372 g/mol. The second-order valence-corrected chi connectivity index (χ2v) is 9.38. The Morgan fingerprint density at radius 3 is 2.21 bits per heavy atom. The number of hydrogen-bond acceptors (Lipinski definition) is 3. The molecule has 148 valence electrons. The zero-order valence-electron chi connectivity index (χ0n) is 16.0. The molecule has 5 nitrogen and oxygen atoms in total. The van der Waals surface area contributed by atoms with E-state index in [9.17, 15) is 13.2 Å². The van der Waals surface area contributed by atoms with Crippen LogP contribution in [0.5, 0.6) is 0 Å². The van der Waals surface area contributed by atoms with E-state index in [1.807, 2.05) is 47.4 Å². The Hall–Kier alpha value is -2.18. The monoisotopic (exact) mass is 398 g/mol. The van der Waals surface area contributed by atoms with Crippen LogP contribution in [0, 0.1) is 0 Å². The molecule has 2 heterocycles. The summed E-state index contributed by atoms with van der Waals surface area (Å²) in [5.41, 5.74) is 1.54. The Morgan fingerprint density at radius 1 is 0.821 bits per heavy atom. The second kappa shape index (κ2) is 8.05. The quantitative estimate of drug-likeness (QED) is 0.792. The summed E-state index contributed by atoms with van der Waals surface area (Å²) in [5, 5.41) is 0. The molecule has 0 spiro atoms. The molecule has 0 radical (unpaired) electrons. The lowest BCUT2D eigenvalue weighted by Gasteiger charge is -2.36. The maximum absolute atomic E-state index is 13.7. The molecule has 2 aromatic carbocycles. The molecule has 1 unspecified atom stereocenters. The zero-order valence-corrected chi connectivity index (χ0v) is 16.8. The van der Waals surface area contributed by atoms with Crippen LogP contribution in [0.2, 0.25) is 0 Å². The molecule has 0 N–H and O–H groups in total. The van der Waals surface area contributed by atoms with Crippen LogP contribution in [0.15, 0.2) is 59.5 Å². The maximum Gasteiger partial charge on any atom is 0.244 e. The van der Waals surface area contributed by atoms with E-state index in [0.717, 1.165) is 44.3 Å². The number of likely N-dealkylation sites (tertiary alicyclic amines) is 1. The predicted octanol–water partition coefficient (Wildman–Crippen LogP) is 3.52. The summed E-state index contributed by atoms with van der Waals surface area (Å²) in [5.74, 6) is -0.0297. The van der Waals surface area contributed by atoms with Crippen molar-refractivity contribution in [2.45, 2.75) is 43.0 Å². The molecule has 2 aliphatic rings. The van der Waals surface area contributed by atoms with Crippen LogP contribution in [-0.4, -0.2) is 49.2 Å². The number of amides is 1. The average Bonchev–Trinajstić information content (AvgIpc) is 3.29. The second-order valence-electron chi connectivity index (χ2n) is 7.52. The van der Waals surface area contributed by atoms with Gasteiger partial charge in [-0.25, -0.2) is 8.42 Å². The van der Waals surface area contributed by atoms with Crippen molar-refractivity contribution in [3.63, 3.8) is 0 Å². The Kier molecular flexibility index (Phi) is 5.51. The van der Waals surface area contributed by atoms with Gasteiger partial charge in [-0.3, -0.25) is 4.79 Å². The molecule has 2 fully saturated rings. The van der Waals surface area contributed by atoms with Crippen LogP contribution < -0.4 is 0 Å². The minimum Gasteiger partial charge on any atom is -0.341 e. The minimum absolute atomic E-state index is 0.0297. The molecule has 28 heavy (non-hydrogen) atoms. The van der Waals surface area contributed by atoms with Gasteiger partial charge in [0.1, 0.15) is 6.04 Å². The molecule has 2 saturated heterocycles. The number of sulfonamides is 1. The van der Waals surface area contributed by atoms with E-state index < -0.39 is 16.1 Å². The minimum atomic E-state index is -3.78. The van der Waals surface area contributed by atoms with Gasteiger partial charge >= 0.3 is 0 Å². The first-order chi connectivity index (χ1) is 13.6. The normalized spacial score (nSPS) is 21.0. The molecule has 0 aliphatic carbocycles. The topological polar surface area (TPSA) is 57.7 Å². The summed E-state index contributed by atoms with van der Waals surface area (Å²) in [4.78, 5) is 15.2. The van der Waals surface area contributed by atoms with E-state index in [4.69, 9.17) is 0 Å². The van der Waals surface area contributed by atoms with Crippen molar-refractivity contribution in [3.8, 4) is 11.1 Å². The Morgan fingerprint density at radius 2 is 1.46 bits per heavy atom. The highest BCUT2D eigenvalue weighted by atomic mass is 32.2. The molecule has 0 bridgehead atoms. The summed E-state index contributed by atoms with van der Waals surface area (Å²) in [7, 11) is -3.78. The molecule has 0 aromatic heterocycles. The van der Waals surface area contributed by atoms with Gasteiger partial charge in [0.05, 0.1) is 4.90 Å². The SMILES string of the molecule is O=C(C1CCCCN1S(=O)(=O)c1ccccc1-c1ccccc1)N1CCCC1. The molecule has 0 saturated carbocycles. The van der Waals surface area contributed by atoms with Gasteiger partial charge in [0.15, 0.2) is 0 Å². The van der Waals surface area contributed by atoms with Crippen LogP contribution >= 0.6 is 0 Å². The summed E-state index contributed by atoms with van der Waals surface area (Å²) >= 11 is 0. The van der Waals surface area contributed by atoms with Crippen molar-refractivity contribution >= 4 is 15.9 Å². The predicted molar refractivity (Wildman–Crippen MR) is 109 cm³/mol. The van der Waals surface area contributed by atoms with Gasteiger partial charge < -0.3 is 4.90 Å². The standard InChI is InChI=1S/C22H26N2O3S/c25-22(23-15-8-9-16-23)20-13-6-7-17-24(20)28(26,27)21-14-5-4-12-19(21)18-10-2-1-3-11-18/h1-5,10-12,14,20H,6-9,13,15-17H2. The number of carbonyl (C=O) groups is 1. The zero-order chi connectivity index (χ0) is 19.6. The number of piperidine rings is 1. The molecule has 4 rings (SSSR count). The summed E-state index contributed by atoms with van der Waals surface area (Å²) < 4.78 is 28.8. The van der Waals surface area contributed by atoms with Crippen LogP contribution in [-0.2, 0) is 14.8 Å². The van der Waals surface area contributed by atoms with Gasteiger partial charge in [0.2, 0.25) is 15.9 Å². The Bertz CT molecular complexity index is 937. The first-order valence-electron chi connectivity index (χ1n) is 10.0. The highest BCUT2D eigenvalue weighted by Gasteiger charge is 2.40. The van der Waals surface area contributed by atoms with Crippen LogP contribution in [0.25, 0.3) is 11.1 Å². The highest BCUT2D eigenvalue weighted by Crippen LogP contribution is 2.33. The van der Waals surface area contributed by atoms with Gasteiger partial charge in [-0.05, 0) is 37.3 Å². The largest absolute Gasteiger partial charge is 0.341 e. The summed E-state index contributed by atoms with van der Waals surface area (Å²) in [6.45, 7) is 1.88. The number of hydrogen-bond donors (Lipinski definition) is 0. The van der Waals surface area contributed by atoms with Gasteiger partial charge in [-0.2, -0.15) is 4.31 Å². The lowest BCUT2D eigenvalue weighted by molar-refractivity contribution is -0.135. The van der Waals surface area contributed by atoms with Crippen LogP contribution in [0.4, 0.5) is 0 Å². The number of benzene rings is 2. The molecule has 1 atom stereocenters. The fourth-order valence-electron chi connectivity index (χ4n) is 4.26. The van der Waals surface area contributed by atoms with Crippen molar-refractivity contribution in [1.82, 2.24) is 9.21 Å². The van der Waals surface area contributed by atoms with Crippen LogP contribution in [0.1, 0.15) is 32.1 Å². The molecule has 1 amide bonds. The fourth-order valence-corrected chi connectivity index (χ4v) is 6.13. The Labute approximate surface area is 167 Å². The number of carbonyl (C=O) groups excluding carboxylic acids is 1. The lowest BCUT2D eigenvalue weighted by Crippen LogP contribution is -2.52. The lowest BCUT2D eigenvalue weighted by atomic mass is 10.0. The van der Waals surface area contributed by atoms with Crippen molar-refractivity contribution in [1.29, 1.82) is 0 Å². The van der Waals surface area contributed by atoms with E-state index in [1.165, 1.54) is 4.31 Å². The van der Waals surface area contributed by atoms with Crippen molar-refractivity contribution in [2.24, 2.45) is 0 Å². The van der Waals surface area contributed by atoms with Gasteiger partial charge in [-0.15, -0.1) is 0 Å². The van der Waals surface area contributed by atoms with Crippen molar-refractivity contribution in [2.75, 3.05) is 19.6 Å². The molecule has 6 heteroatoms. The smallest absolute Gasteiger partial charge is 0.244 e. The molecule has 2 aromatic rings. The van der Waals surface area contributed by atoms with E-state index in [1.54, 1.807) is 12.1 Å². The third-order valence-electron chi connectivity index (χ3n) is 5.71. The fraction of sp³-hybridized carbons (Fsp3) is 0.409. The van der Waals surface area contributed by atoms with Crippen molar-refractivity contribution < 1.29 is 13.2 Å². The summed E-state index contributed by atoms with van der Waals surface area (Å²) in [6, 6.07) is 16.1. The summed E-state index contributed by atoms with van der Waals surface area (Å²) in [6.07, 6.45) is 4.28.